The molecule has 0 spiro atoms. The largest absolute Gasteiger partial charge is 0.419 e. The molecule has 152 valence electrons. The molecule has 4 aromatic rings. The summed E-state index contributed by atoms with van der Waals surface area (Å²) in [7, 11) is -3.88. The SMILES string of the molecule is O=S(=O)(c1ccc(Br)cc1)c1nc(-c2ccc(Br)cc2)oc1NCc1ccccc1. The highest BCUT2D eigenvalue weighted by Gasteiger charge is 2.28. The van der Waals surface area contributed by atoms with E-state index in [1.807, 2.05) is 54.6 Å². The number of nitrogens with one attached hydrogen (secondary N) is 1. The van der Waals surface area contributed by atoms with Crippen molar-refractivity contribution in [2.45, 2.75) is 16.5 Å². The molecule has 0 saturated heterocycles. The summed E-state index contributed by atoms with van der Waals surface area (Å²) in [5.74, 6) is 0.341. The van der Waals surface area contributed by atoms with Crippen LogP contribution in [0.3, 0.4) is 0 Å². The van der Waals surface area contributed by atoms with E-state index < -0.39 is 9.84 Å². The summed E-state index contributed by atoms with van der Waals surface area (Å²) in [4.78, 5) is 4.49. The van der Waals surface area contributed by atoms with Crippen molar-refractivity contribution in [3.63, 3.8) is 0 Å². The molecule has 8 heteroatoms. The van der Waals surface area contributed by atoms with E-state index in [-0.39, 0.29) is 21.7 Å². The molecule has 1 N–H and O–H groups in total. The molecule has 1 heterocycles. The monoisotopic (exact) mass is 546 g/mol. The number of nitrogens with zero attached hydrogens (tertiary/aromatic N) is 1. The van der Waals surface area contributed by atoms with E-state index in [2.05, 4.69) is 42.2 Å². The van der Waals surface area contributed by atoms with Gasteiger partial charge >= 0.3 is 0 Å². The predicted octanol–water partition coefficient (Wildman–Crippen LogP) is 6.31. The summed E-state index contributed by atoms with van der Waals surface area (Å²) in [5.41, 5.74) is 1.67. The van der Waals surface area contributed by atoms with Crippen molar-refractivity contribution in [2.24, 2.45) is 0 Å². The average Bonchev–Trinajstić information content (AvgIpc) is 3.19. The van der Waals surface area contributed by atoms with E-state index in [0.29, 0.717) is 12.1 Å². The fraction of sp³-hybridized carbons (Fsp3) is 0.0455. The van der Waals surface area contributed by atoms with Crippen LogP contribution in [-0.4, -0.2) is 13.4 Å². The molecule has 30 heavy (non-hydrogen) atoms. The molecule has 0 aliphatic rings. The molecule has 3 aromatic carbocycles. The Morgan fingerprint density at radius 2 is 1.43 bits per heavy atom. The number of sulfone groups is 1. The van der Waals surface area contributed by atoms with Gasteiger partial charge in [0.25, 0.3) is 0 Å². The Morgan fingerprint density at radius 3 is 2.07 bits per heavy atom. The van der Waals surface area contributed by atoms with Crippen LogP contribution in [0.1, 0.15) is 5.56 Å². The van der Waals surface area contributed by atoms with Crippen LogP contribution in [0.15, 0.2) is 102 Å². The topological polar surface area (TPSA) is 72.2 Å². The molecule has 0 unspecified atom stereocenters. The Kier molecular flexibility index (Phi) is 6.08. The number of oxazole rings is 1. The first-order valence-electron chi connectivity index (χ1n) is 8.99. The number of rotatable bonds is 6. The Morgan fingerprint density at radius 1 is 0.833 bits per heavy atom. The first-order valence-corrected chi connectivity index (χ1v) is 12.1. The van der Waals surface area contributed by atoms with Crippen LogP contribution >= 0.6 is 31.9 Å². The Bertz CT molecular complexity index is 1250. The third-order valence-electron chi connectivity index (χ3n) is 4.36. The second kappa shape index (κ2) is 8.75. The summed E-state index contributed by atoms with van der Waals surface area (Å²) in [5, 5.41) is 2.95. The van der Waals surface area contributed by atoms with Crippen LogP contribution in [0.2, 0.25) is 0 Å². The average molecular weight is 548 g/mol. The second-order valence-corrected chi connectivity index (χ2v) is 10.2. The van der Waals surface area contributed by atoms with E-state index in [9.17, 15) is 8.42 Å². The summed E-state index contributed by atoms with van der Waals surface area (Å²) in [6.07, 6.45) is 0. The van der Waals surface area contributed by atoms with Crippen LogP contribution in [0.5, 0.6) is 0 Å². The number of hydrogen-bond acceptors (Lipinski definition) is 5. The molecule has 4 rings (SSSR count). The number of anilines is 1. The number of halogens is 2. The zero-order chi connectivity index (χ0) is 21.1. The normalized spacial score (nSPS) is 11.4. The summed E-state index contributed by atoms with van der Waals surface area (Å²) >= 11 is 6.72. The highest BCUT2D eigenvalue weighted by atomic mass is 79.9. The molecule has 0 radical (unpaired) electrons. The van der Waals surface area contributed by atoms with Crippen LogP contribution in [0.4, 0.5) is 5.88 Å². The lowest BCUT2D eigenvalue weighted by molar-refractivity contribution is 0.576. The Labute approximate surface area is 191 Å². The van der Waals surface area contributed by atoms with E-state index in [4.69, 9.17) is 4.42 Å². The van der Waals surface area contributed by atoms with Crippen molar-refractivity contribution in [2.75, 3.05) is 5.32 Å². The van der Waals surface area contributed by atoms with Gasteiger partial charge in [0.15, 0.2) is 0 Å². The molecule has 0 saturated carbocycles. The van der Waals surface area contributed by atoms with Crippen LogP contribution < -0.4 is 5.32 Å². The maximum absolute atomic E-state index is 13.3. The van der Waals surface area contributed by atoms with Gasteiger partial charge in [-0.15, -0.1) is 0 Å². The molecule has 0 aliphatic carbocycles. The van der Waals surface area contributed by atoms with E-state index in [0.717, 1.165) is 14.5 Å². The molecule has 0 bridgehead atoms. The number of aromatic nitrogens is 1. The van der Waals surface area contributed by atoms with Crippen molar-refractivity contribution >= 4 is 47.6 Å². The van der Waals surface area contributed by atoms with Gasteiger partial charge < -0.3 is 9.73 Å². The minimum Gasteiger partial charge on any atom is -0.419 e. The predicted molar refractivity (Wildman–Crippen MR) is 123 cm³/mol. The quantitative estimate of drug-likeness (QED) is 0.306. The van der Waals surface area contributed by atoms with Gasteiger partial charge in [0.1, 0.15) is 0 Å². The zero-order valence-corrected chi connectivity index (χ0v) is 19.5. The summed E-state index contributed by atoms with van der Waals surface area (Å²) in [6.45, 7) is 0.401. The third-order valence-corrected chi connectivity index (χ3v) is 7.10. The summed E-state index contributed by atoms with van der Waals surface area (Å²) in [6, 6.07) is 23.4. The van der Waals surface area contributed by atoms with Gasteiger partial charge in [0.2, 0.25) is 26.6 Å². The third kappa shape index (κ3) is 4.50. The van der Waals surface area contributed by atoms with Crippen LogP contribution in [-0.2, 0) is 16.4 Å². The van der Waals surface area contributed by atoms with Crippen molar-refractivity contribution < 1.29 is 12.8 Å². The fourth-order valence-electron chi connectivity index (χ4n) is 2.82. The lowest BCUT2D eigenvalue weighted by Crippen LogP contribution is -2.07. The van der Waals surface area contributed by atoms with Gasteiger partial charge in [-0.3, -0.25) is 0 Å². The van der Waals surface area contributed by atoms with E-state index in [1.165, 1.54) is 12.1 Å². The smallest absolute Gasteiger partial charge is 0.234 e. The maximum Gasteiger partial charge on any atom is 0.234 e. The second-order valence-electron chi connectivity index (χ2n) is 6.46. The first-order chi connectivity index (χ1) is 14.4. The molecular formula is C22H16Br2N2O3S. The van der Waals surface area contributed by atoms with Crippen LogP contribution in [0, 0.1) is 0 Å². The molecule has 5 nitrogen and oxygen atoms in total. The molecular weight excluding hydrogens is 532 g/mol. The van der Waals surface area contributed by atoms with Crippen molar-refractivity contribution in [1.82, 2.24) is 4.98 Å². The number of benzene rings is 3. The molecule has 0 amide bonds. The van der Waals surface area contributed by atoms with Crippen LogP contribution in [0.25, 0.3) is 11.5 Å². The minimum absolute atomic E-state index is 0.111. The van der Waals surface area contributed by atoms with Crippen molar-refractivity contribution in [1.29, 1.82) is 0 Å². The maximum atomic E-state index is 13.3. The molecule has 0 fully saturated rings. The van der Waals surface area contributed by atoms with Gasteiger partial charge in [-0.2, -0.15) is 4.98 Å². The van der Waals surface area contributed by atoms with Crippen molar-refractivity contribution in [3.05, 3.63) is 93.4 Å². The Hall–Kier alpha value is -2.42. The highest BCUT2D eigenvalue weighted by molar-refractivity contribution is 9.10. The zero-order valence-electron chi connectivity index (χ0n) is 15.5. The molecule has 0 aliphatic heterocycles. The van der Waals surface area contributed by atoms with Gasteiger partial charge in [-0.05, 0) is 54.1 Å². The van der Waals surface area contributed by atoms with Gasteiger partial charge in [-0.1, -0.05) is 62.2 Å². The molecule has 0 atom stereocenters. The first kappa shape index (κ1) is 20.8. The van der Waals surface area contributed by atoms with Crippen molar-refractivity contribution in [3.8, 4) is 11.5 Å². The lowest BCUT2D eigenvalue weighted by Gasteiger charge is -2.06. The van der Waals surface area contributed by atoms with Gasteiger partial charge in [-0.25, -0.2) is 8.42 Å². The van der Waals surface area contributed by atoms with E-state index >= 15 is 0 Å². The lowest BCUT2D eigenvalue weighted by atomic mass is 10.2. The van der Waals surface area contributed by atoms with Gasteiger partial charge in [0, 0.05) is 21.1 Å². The standard InChI is InChI=1S/C22H16Br2N2O3S/c23-17-8-6-16(7-9-17)20-26-22(30(27,28)19-12-10-18(24)11-13-19)21(29-20)25-14-15-4-2-1-3-5-15/h1-13,25H,14H2. The number of hydrogen-bond donors (Lipinski definition) is 1. The fourth-order valence-corrected chi connectivity index (χ4v) is 4.63. The minimum atomic E-state index is -3.88. The van der Waals surface area contributed by atoms with E-state index in [1.54, 1.807) is 12.1 Å². The Balaban J connectivity index is 1.76. The summed E-state index contributed by atoms with van der Waals surface area (Å²) < 4.78 is 34.1. The molecule has 1 aromatic heterocycles. The highest BCUT2D eigenvalue weighted by Crippen LogP contribution is 2.33. The van der Waals surface area contributed by atoms with Gasteiger partial charge in [0.05, 0.1) is 4.90 Å².